The summed E-state index contributed by atoms with van der Waals surface area (Å²) < 4.78 is 35.9. The third-order valence-electron chi connectivity index (χ3n) is 6.34. The maximum atomic E-state index is 13.4. The summed E-state index contributed by atoms with van der Waals surface area (Å²) in [5.41, 5.74) is 4.76. The Morgan fingerprint density at radius 1 is 1.13 bits per heavy atom. The van der Waals surface area contributed by atoms with Gasteiger partial charge >= 0.3 is 12.0 Å². The smallest absolute Gasteiger partial charge is 0.338 e. The number of amides is 3. The van der Waals surface area contributed by atoms with Crippen LogP contribution in [0.15, 0.2) is 75.4 Å². The van der Waals surface area contributed by atoms with Crippen molar-refractivity contribution < 1.29 is 37.7 Å². The van der Waals surface area contributed by atoms with E-state index in [0.29, 0.717) is 32.6 Å². The molecule has 3 aromatic rings. The Kier molecular flexibility index (Phi) is 11.4. The number of rotatable bonds is 12. The highest BCUT2D eigenvalue weighted by atomic mass is 79.9. The Morgan fingerprint density at radius 2 is 1.93 bits per heavy atom. The van der Waals surface area contributed by atoms with E-state index in [1.54, 1.807) is 56.3 Å². The summed E-state index contributed by atoms with van der Waals surface area (Å²) >= 11 is 9.78. The summed E-state index contributed by atoms with van der Waals surface area (Å²) in [4.78, 5) is 37.2. The maximum Gasteiger partial charge on any atom is 0.338 e. The standard InChI is InChI=1S/C31H29BrClFN4O7/c1-4-43-30(40)27-17(2)36-31(41)37-28(27)20-8-9-24(25(13-20)42-3)44-16-26(39)38-35-14-19-11-22(32)29(23(33)12-19)45-15-18-6-5-7-21(34)10-18/h5-14,28H,4,15-16H2,1-3H3,(H,38,39)(H2,36,37,41)/b35-14-/t28-/m1/s1. The van der Waals surface area contributed by atoms with Gasteiger partial charge in [-0.05, 0) is 82.9 Å². The van der Waals surface area contributed by atoms with Gasteiger partial charge in [-0.1, -0.05) is 29.8 Å². The van der Waals surface area contributed by atoms with Gasteiger partial charge in [0.05, 0.1) is 41.0 Å². The summed E-state index contributed by atoms with van der Waals surface area (Å²) in [6.45, 7) is 3.20. The molecule has 0 aromatic heterocycles. The van der Waals surface area contributed by atoms with Crippen molar-refractivity contribution in [2.45, 2.75) is 26.5 Å². The van der Waals surface area contributed by atoms with Crippen molar-refractivity contribution in [3.63, 3.8) is 0 Å². The van der Waals surface area contributed by atoms with Crippen LogP contribution in [0.1, 0.15) is 36.6 Å². The molecule has 236 valence electrons. The number of nitrogens with one attached hydrogen (secondary N) is 3. The zero-order valence-electron chi connectivity index (χ0n) is 24.4. The molecule has 4 rings (SSSR count). The van der Waals surface area contributed by atoms with Gasteiger partial charge in [-0.15, -0.1) is 0 Å². The van der Waals surface area contributed by atoms with Gasteiger partial charge in [0.15, 0.2) is 23.9 Å². The largest absolute Gasteiger partial charge is 0.493 e. The lowest BCUT2D eigenvalue weighted by Crippen LogP contribution is -2.45. The first-order valence-corrected chi connectivity index (χ1v) is 14.7. The molecule has 0 fully saturated rings. The molecule has 0 radical (unpaired) electrons. The molecule has 3 aromatic carbocycles. The lowest BCUT2D eigenvalue weighted by Gasteiger charge is -2.28. The van der Waals surface area contributed by atoms with E-state index < -0.39 is 23.9 Å². The Bertz CT molecular complexity index is 1640. The molecule has 0 bridgehead atoms. The first kappa shape index (κ1) is 33.3. The van der Waals surface area contributed by atoms with E-state index in [-0.39, 0.29) is 47.7 Å². The minimum absolute atomic E-state index is 0.118. The number of methoxy groups -OCH3 is 1. The molecule has 0 unspecified atom stereocenters. The molecule has 3 amide bonds. The summed E-state index contributed by atoms with van der Waals surface area (Å²) in [7, 11) is 1.42. The third kappa shape index (κ3) is 8.73. The first-order chi connectivity index (χ1) is 21.6. The highest BCUT2D eigenvalue weighted by molar-refractivity contribution is 9.10. The fourth-order valence-electron chi connectivity index (χ4n) is 4.33. The molecular weight excluding hydrogens is 675 g/mol. The Balaban J connectivity index is 1.36. The number of allylic oxidation sites excluding steroid dienone is 1. The lowest BCUT2D eigenvalue weighted by molar-refractivity contribution is -0.139. The zero-order valence-corrected chi connectivity index (χ0v) is 26.8. The van der Waals surface area contributed by atoms with Crippen LogP contribution in [0, 0.1) is 5.82 Å². The number of halogens is 3. The number of nitrogens with zero attached hydrogens (tertiary/aromatic N) is 1. The lowest BCUT2D eigenvalue weighted by atomic mass is 9.95. The van der Waals surface area contributed by atoms with E-state index in [9.17, 15) is 18.8 Å². The van der Waals surface area contributed by atoms with E-state index in [1.165, 1.54) is 25.5 Å². The van der Waals surface area contributed by atoms with Crippen LogP contribution in [0.25, 0.3) is 0 Å². The number of carbonyl (C=O) groups is 3. The van der Waals surface area contributed by atoms with Crippen LogP contribution < -0.4 is 30.3 Å². The van der Waals surface area contributed by atoms with Gasteiger partial charge in [0, 0.05) is 5.70 Å². The average molecular weight is 704 g/mol. The van der Waals surface area contributed by atoms with Crippen LogP contribution >= 0.6 is 27.5 Å². The highest BCUT2D eigenvalue weighted by Gasteiger charge is 2.32. The molecule has 14 heteroatoms. The van der Waals surface area contributed by atoms with Gasteiger partial charge in [0.1, 0.15) is 12.4 Å². The van der Waals surface area contributed by atoms with Crippen molar-refractivity contribution in [1.82, 2.24) is 16.1 Å². The summed E-state index contributed by atoms with van der Waals surface area (Å²) in [5, 5.41) is 9.54. The van der Waals surface area contributed by atoms with Gasteiger partial charge in [-0.3, -0.25) is 4.79 Å². The molecular formula is C31H29BrClFN4O7. The summed E-state index contributed by atoms with van der Waals surface area (Å²) in [6.07, 6.45) is 1.39. The minimum Gasteiger partial charge on any atom is -0.493 e. The predicted molar refractivity (Wildman–Crippen MR) is 168 cm³/mol. The van der Waals surface area contributed by atoms with Crippen LogP contribution in [-0.2, 0) is 20.9 Å². The Hall–Kier alpha value is -4.62. The summed E-state index contributed by atoms with van der Waals surface area (Å²) in [6, 6.07) is 12.9. The van der Waals surface area contributed by atoms with Crippen molar-refractivity contribution in [2.24, 2.45) is 5.10 Å². The Labute approximate surface area is 271 Å². The van der Waals surface area contributed by atoms with Crippen molar-refractivity contribution in [1.29, 1.82) is 0 Å². The van der Waals surface area contributed by atoms with Gasteiger partial charge in [0.25, 0.3) is 5.91 Å². The van der Waals surface area contributed by atoms with Gasteiger partial charge < -0.3 is 29.6 Å². The van der Waals surface area contributed by atoms with E-state index >= 15 is 0 Å². The number of urea groups is 1. The van der Waals surface area contributed by atoms with Crippen LogP contribution in [0.4, 0.5) is 9.18 Å². The third-order valence-corrected chi connectivity index (χ3v) is 7.21. The van der Waals surface area contributed by atoms with Crippen LogP contribution in [0.3, 0.4) is 0 Å². The van der Waals surface area contributed by atoms with Gasteiger partial charge in [-0.2, -0.15) is 5.10 Å². The molecule has 1 aliphatic rings. The summed E-state index contributed by atoms with van der Waals surface area (Å²) in [5.74, 6) is -0.573. The molecule has 45 heavy (non-hydrogen) atoms. The molecule has 0 saturated heterocycles. The second-order valence-electron chi connectivity index (χ2n) is 9.52. The fraction of sp³-hybridized carbons (Fsp3) is 0.226. The van der Waals surface area contributed by atoms with Crippen LogP contribution in [-0.4, -0.2) is 44.4 Å². The molecule has 3 N–H and O–H groups in total. The van der Waals surface area contributed by atoms with Crippen molar-refractivity contribution in [2.75, 3.05) is 20.3 Å². The number of hydrogen-bond donors (Lipinski definition) is 3. The predicted octanol–water partition coefficient (Wildman–Crippen LogP) is 5.55. The molecule has 1 atom stereocenters. The van der Waals surface area contributed by atoms with E-state index in [4.69, 9.17) is 30.5 Å². The average Bonchev–Trinajstić information content (AvgIpc) is 2.99. The normalized spacial score (nSPS) is 14.4. The molecule has 1 heterocycles. The van der Waals surface area contributed by atoms with Crippen LogP contribution in [0.2, 0.25) is 5.02 Å². The first-order valence-electron chi connectivity index (χ1n) is 13.5. The molecule has 0 aliphatic carbocycles. The van der Waals surface area contributed by atoms with Gasteiger partial charge in [-0.25, -0.2) is 19.4 Å². The quantitative estimate of drug-likeness (QED) is 0.128. The second-order valence-corrected chi connectivity index (χ2v) is 10.8. The van der Waals surface area contributed by atoms with Crippen LogP contribution in [0.5, 0.6) is 17.2 Å². The SMILES string of the molecule is CCOC(=O)C1=C(C)NC(=O)N[C@@H]1c1ccc(OCC(=O)N/N=C\c2cc(Cl)c(OCc3cccc(F)c3)c(Br)c2)c(OC)c1. The molecule has 0 saturated carbocycles. The number of esters is 1. The highest BCUT2D eigenvalue weighted by Crippen LogP contribution is 2.36. The van der Waals surface area contributed by atoms with Gasteiger partial charge in [0.2, 0.25) is 0 Å². The number of hydrogen-bond acceptors (Lipinski definition) is 8. The number of hydrazone groups is 1. The van der Waals surface area contributed by atoms with Crippen molar-refractivity contribution >= 4 is 51.7 Å². The topological polar surface area (TPSA) is 137 Å². The van der Waals surface area contributed by atoms with Crippen molar-refractivity contribution in [3.8, 4) is 17.2 Å². The fourth-order valence-corrected chi connectivity index (χ4v) is 5.32. The van der Waals surface area contributed by atoms with E-state index in [1.807, 2.05) is 0 Å². The molecule has 1 aliphatic heterocycles. The Morgan fingerprint density at radius 3 is 2.64 bits per heavy atom. The van der Waals surface area contributed by atoms with Crippen molar-refractivity contribution in [3.05, 3.63) is 97.9 Å². The zero-order chi connectivity index (χ0) is 32.5. The maximum absolute atomic E-state index is 13.4. The second kappa shape index (κ2) is 15.4. The number of ether oxygens (including phenoxy) is 4. The molecule has 0 spiro atoms. The van der Waals surface area contributed by atoms with E-state index in [2.05, 4.69) is 37.1 Å². The molecule has 11 nitrogen and oxygen atoms in total. The number of carbonyl (C=O) groups excluding carboxylic acids is 3. The van der Waals surface area contributed by atoms with E-state index in [0.717, 1.165) is 0 Å². The monoisotopic (exact) mass is 702 g/mol. The minimum atomic E-state index is -0.791. The number of benzene rings is 3.